The number of nitrogens with one attached hydrogen (secondary N) is 1. The molecular weight excluding hydrogens is 252 g/mol. The standard InChI is InChI=1S/C16H24N2O2/c1-2-15-13(8-9-20-15)11-18-16(19)10-14(17)12-6-4-3-5-7-12/h3-7,13-15H,2,8-11,17H2,1H3,(H,18,19). The Morgan fingerprint density at radius 2 is 2.20 bits per heavy atom. The van der Waals surface area contributed by atoms with Crippen molar-refractivity contribution in [3.05, 3.63) is 35.9 Å². The van der Waals surface area contributed by atoms with Crippen LogP contribution in [0, 0.1) is 5.92 Å². The van der Waals surface area contributed by atoms with E-state index in [1.54, 1.807) is 0 Å². The Balaban J connectivity index is 1.75. The monoisotopic (exact) mass is 276 g/mol. The molecular formula is C16H24N2O2. The van der Waals surface area contributed by atoms with Crippen LogP contribution < -0.4 is 11.1 Å². The third-order valence-electron chi connectivity index (χ3n) is 3.94. The molecule has 0 saturated carbocycles. The maximum atomic E-state index is 11.9. The fourth-order valence-corrected chi connectivity index (χ4v) is 2.71. The summed E-state index contributed by atoms with van der Waals surface area (Å²) in [5.41, 5.74) is 7.05. The number of nitrogens with two attached hydrogens (primary N) is 1. The molecule has 1 aromatic carbocycles. The normalized spacial score (nSPS) is 23.5. The van der Waals surface area contributed by atoms with Crippen LogP contribution in [0.1, 0.15) is 37.8 Å². The lowest BCUT2D eigenvalue weighted by molar-refractivity contribution is -0.121. The van der Waals surface area contributed by atoms with Crippen molar-refractivity contribution in [3.8, 4) is 0 Å². The van der Waals surface area contributed by atoms with Crippen LogP contribution in [0.25, 0.3) is 0 Å². The minimum absolute atomic E-state index is 0.0168. The van der Waals surface area contributed by atoms with E-state index < -0.39 is 0 Å². The van der Waals surface area contributed by atoms with Gasteiger partial charge in [-0.25, -0.2) is 0 Å². The molecule has 4 heteroatoms. The van der Waals surface area contributed by atoms with E-state index in [1.165, 1.54) is 0 Å². The van der Waals surface area contributed by atoms with Crippen molar-refractivity contribution >= 4 is 5.91 Å². The molecule has 0 bridgehead atoms. The van der Waals surface area contributed by atoms with Crippen molar-refractivity contribution < 1.29 is 9.53 Å². The molecule has 3 N–H and O–H groups in total. The van der Waals surface area contributed by atoms with Gasteiger partial charge in [-0.1, -0.05) is 37.3 Å². The Morgan fingerprint density at radius 3 is 2.90 bits per heavy atom. The SMILES string of the molecule is CCC1OCCC1CNC(=O)CC(N)c1ccccc1. The number of carbonyl (C=O) groups is 1. The molecule has 1 amide bonds. The van der Waals surface area contributed by atoms with Crippen LogP contribution in [0.15, 0.2) is 30.3 Å². The highest BCUT2D eigenvalue weighted by Crippen LogP contribution is 2.22. The van der Waals surface area contributed by atoms with Crippen molar-refractivity contribution in [2.45, 2.75) is 38.3 Å². The van der Waals surface area contributed by atoms with E-state index in [4.69, 9.17) is 10.5 Å². The van der Waals surface area contributed by atoms with Gasteiger partial charge in [-0.3, -0.25) is 4.79 Å². The van der Waals surface area contributed by atoms with Gasteiger partial charge in [-0.15, -0.1) is 0 Å². The van der Waals surface area contributed by atoms with Crippen molar-refractivity contribution in [3.63, 3.8) is 0 Å². The molecule has 0 spiro atoms. The predicted molar refractivity (Wildman–Crippen MR) is 79.1 cm³/mol. The average molecular weight is 276 g/mol. The van der Waals surface area contributed by atoms with E-state index >= 15 is 0 Å². The summed E-state index contributed by atoms with van der Waals surface area (Å²) in [6.45, 7) is 3.62. The molecule has 0 aliphatic carbocycles. The summed E-state index contributed by atoms with van der Waals surface area (Å²) in [7, 11) is 0. The lowest BCUT2D eigenvalue weighted by Crippen LogP contribution is -2.34. The van der Waals surface area contributed by atoms with Gasteiger partial charge in [-0.2, -0.15) is 0 Å². The summed E-state index contributed by atoms with van der Waals surface area (Å²) in [6.07, 6.45) is 2.65. The Hall–Kier alpha value is -1.39. The second-order valence-electron chi connectivity index (χ2n) is 5.39. The average Bonchev–Trinajstić information content (AvgIpc) is 2.93. The first-order valence-electron chi connectivity index (χ1n) is 7.39. The third kappa shape index (κ3) is 4.05. The van der Waals surface area contributed by atoms with Crippen molar-refractivity contribution in [2.75, 3.05) is 13.2 Å². The highest BCUT2D eigenvalue weighted by atomic mass is 16.5. The highest BCUT2D eigenvalue weighted by molar-refractivity contribution is 5.76. The molecule has 1 heterocycles. The zero-order chi connectivity index (χ0) is 14.4. The van der Waals surface area contributed by atoms with Gasteiger partial charge in [-0.05, 0) is 18.4 Å². The molecule has 20 heavy (non-hydrogen) atoms. The van der Waals surface area contributed by atoms with Gasteiger partial charge in [0.1, 0.15) is 0 Å². The number of amides is 1. The first kappa shape index (κ1) is 15.0. The van der Waals surface area contributed by atoms with Crippen LogP contribution in [-0.4, -0.2) is 25.2 Å². The van der Waals surface area contributed by atoms with Crippen LogP contribution in [0.4, 0.5) is 0 Å². The van der Waals surface area contributed by atoms with Gasteiger partial charge in [0.05, 0.1) is 6.10 Å². The van der Waals surface area contributed by atoms with Crippen LogP contribution in [0.5, 0.6) is 0 Å². The number of rotatable bonds is 6. The largest absolute Gasteiger partial charge is 0.378 e. The number of hydrogen-bond donors (Lipinski definition) is 2. The lowest BCUT2D eigenvalue weighted by Gasteiger charge is -2.18. The fourth-order valence-electron chi connectivity index (χ4n) is 2.71. The maximum Gasteiger partial charge on any atom is 0.221 e. The van der Waals surface area contributed by atoms with Crippen LogP contribution in [0.2, 0.25) is 0 Å². The number of hydrogen-bond acceptors (Lipinski definition) is 3. The topological polar surface area (TPSA) is 64.3 Å². The van der Waals surface area contributed by atoms with E-state index in [1.807, 2.05) is 30.3 Å². The summed E-state index contributed by atoms with van der Waals surface area (Å²) in [6, 6.07) is 9.49. The molecule has 0 aromatic heterocycles. The quantitative estimate of drug-likeness (QED) is 0.835. The molecule has 4 nitrogen and oxygen atoms in total. The van der Waals surface area contributed by atoms with E-state index in [2.05, 4.69) is 12.2 Å². The minimum Gasteiger partial charge on any atom is -0.378 e. The summed E-state index contributed by atoms with van der Waals surface area (Å²) >= 11 is 0. The second-order valence-corrected chi connectivity index (χ2v) is 5.39. The van der Waals surface area contributed by atoms with Crippen molar-refractivity contribution in [1.82, 2.24) is 5.32 Å². The van der Waals surface area contributed by atoms with Crippen LogP contribution >= 0.6 is 0 Å². The molecule has 1 saturated heterocycles. The Kier molecular flexibility index (Phi) is 5.56. The minimum atomic E-state index is -0.238. The summed E-state index contributed by atoms with van der Waals surface area (Å²) in [5.74, 6) is 0.458. The Bertz CT molecular complexity index is 422. The zero-order valence-corrected chi connectivity index (χ0v) is 12.0. The molecule has 1 aromatic rings. The first-order chi connectivity index (χ1) is 9.70. The van der Waals surface area contributed by atoms with Crippen LogP contribution in [0.3, 0.4) is 0 Å². The molecule has 0 radical (unpaired) electrons. The molecule has 110 valence electrons. The van der Waals surface area contributed by atoms with Gasteiger partial charge in [0.2, 0.25) is 5.91 Å². The maximum absolute atomic E-state index is 11.9. The first-order valence-corrected chi connectivity index (χ1v) is 7.39. The third-order valence-corrected chi connectivity index (χ3v) is 3.94. The molecule has 3 atom stereocenters. The number of benzene rings is 1. The van der Waals surface area contributed by atoms with Gasteiger partial charge in [0.25, 0.3) is 0 Å². The van der Waals surface area contributed by atoms with Gasteiger partial charge in [0.15, 0.2) is 0 Å². The van der Waals surface area contributed by atoms with E-state index in [0.717, 1.165) is 25.0 Å². The Morgan fingerprint density at radius 1 is 1.45 bits per heavy atom. The van der Waals surface area contributed by atoms with Crippen molar-refractivity contribution in [2.24, 2.45) is 11.7 Å². The Labute approximate surface area is 120 Å². The summed E-state index contributed by atoms with van der Waals surface area (Å²) in [5, 5.41) is 2.99. The second kappa shape index (κ2) is 7.41. The van der Waals surface area contributed by atoms with Crippen LogP contribution in [-0.2, 0) is 9.53 Å². The van der Waals surface area contributed by atoms with Gasteiger partial charge >= 0.3 is 0 Å². The van der Waals surface area contributed by atoms with Gasteiger partial charge < -0.3 is 15.8 Å². The number of ether oxygens (including phenoxy) is 1. The molecule has 3 unspecified atom stereocenters. The molecule has 1 fully saturated rings. The molecule has 2 rings (SSSR count). The molecule has 1 aliphatic rings. The van der Waals surface area contributed by atoms with E-state index in [-0.39, 0.29) is 18.1 Å². The zero-order valence-electron chi connectivity index (χ0n) is 12.0. The highest BCUT2D eigenvalue weighted by Gasteiger charge is 2.26. The van der Waals surface area contributed by atoms with Crippen molar-refractivity contribution in [1.29, 1.82) is 0 Å². The fraction of sp³-hybridized carbons (Fsp3) is 0.562. The predicted octanol–water partition coefficient (Wildman–Crippen LogP) is 2.01. The molecule has 1 aliphatic heterocycles. The summed E-state index contributed by atoms with van der Waals surface area (Å²) in [4.78, 5) is 11.9. The lowest BCUT2D eigenvalue weighted by atomic mass is 9.99. The van der Waals surface area contributed by atoms with Gasteiger partial charge in [0, 0.05) is 31.5 Å². The van der Waals surface area contributed by atoms with E-state index in [0.29, 0.717) is 18.9 Å². The van der Waals surface area contributed by atoms with E-state index in [9.17, 15) is 4.79 Å². The summed E-state index contributed by atoms with van der Waals surface area (Å²) < 4.78 is 5.62. The smallest absolute Gasteiger partial charge is 0.221 e. The number of carbonyl (C=O) groups excluding carboxylic acids is 1.